The maximum atomic E-state index is 8.06. The first-order valence-corrected chi connectivity index (χ1v) is 3.95. The number of nitrogens with zero attached hydrogens (tertiary/aromatic N) is 2. The lowest BCUT2D eigenvalue weighted by molar-refractivity contribution is 0.321. The molecule has 0 aliphatic rings. The molecule has 0 bridgehead atoms. The summed E-state index contributed by atoms with van der Waals surface area (Å²) < 4.78 is 1.06. The summed E-state index contributed by atoms with van der Waals surface area (Å²) in [6.45, 7) is 0. The Morgan fingerprint density at radius 3 is 3.00 bits per heavy atom. The summed E-state index contributed by atoms with van der Waals surface area (Å²) in [7, 11) is 0. The number of halogens is 1. The van der Waals surface area contributed by atoms with Gasteiger partial charge in [0.2, 0.25) is 0 Å². The fourth-order valence-electron chi connectivity index (χ4n) is 0.556. The third-order valence-electron chi connectivity index (χ3n) is 0.998. The molecule has 1 rings (SSSR count). The minimum Gasteiger partial charge on any atom is -0.410 e. The zero-order valence-corrected chi connectivity index (χ0v) is 7.69. The number of rotatable bonds is 2. The molecule has 1 heterocycles. The monoisotopic (exact) mass is 263 g/mol. The molecule has 2 N–H and O–H groups in total. The fraction of sp³-hybridized carbons (Fsp3) is 0. The molecule has 0 atom stereocenters. The average Bonchev–Trinajstić information content (AvgIpc) is 2.04. The highest BCUT2D eigenvalue weighted by atomic mass is 127. The van der Waals surface area contributed by atoms with Crippen molar-refractivity contribution in [3.8, 4) is 0 Å². The summed E-state index contributed by atoms with van der Waals surface area (Å²) in [5.74, 6) is 0.656. The van der Waals surface area contributed by atoms with Crippen LogP contribution in [0.1, 0.15) is 0 Å². The van der Waals surface area contributed by atoms with Crippen LogP contribution in [0.4, 0.5) is 5.82 Å². The lowest BCUT2D eigenvalue weighted by Crippen LogP contribution is -1.96. The van der Waals surface area contributed by atoms with Crippen molar-refractivity contribution in [2.24, 2.45) is 5.16 Å². The number of pyridine rings is 1. The van der Waals surface area contributed by atoms with Crippen molar-refractivity contribution in [1.29, 1.82) is 0 Å². The van der Waals surface area contributed by atoms with Crippen LogP contribution in [0.2, 0.25) is 0 Å². The number of anilines is 1. The van der Waals surface area contributed by atoms with Crippen molar-refractivity contribution in [2.45, 2.75) is 0 Å². The summed E-state index contributed by atoms with van der Waals surface area (Å²) in [5, 5.41) is 13.5. The maximum absolute atomic E-state index is 8.06. The van der Waals surface area contributed by atoms with Crippen LogP contribution < -0.4 is 5.32 Å². The molecule has 11 heavy (non-hydrogen) atoms. The molecule has 0 aliphatic heterocycles. The van der Waals surface area contributed by atoms with Gasteiger partial charge >= 0.3 is 0 Å². The molecule has 0 saturated carbocycles. The Labute approximate surface area is 77.5 Å². The SMILES string of the molecule is ON=CNc1ccc(I)cn1. The molecule has 0 saturated heterocycles. The van der Waals surface area contributed by atoms with Gasteiger partial charge in [0.1, 0.15) is 12.2 Å². The Morgan fingerprint density at radius 1 is 1.64 bits per heavy atom. The second-order valence-electron chi connectivity index (χ2n) is 1.75. The molecule has 0 aliphatic carbocycles. The van der Waals surface area contributed by atoms with Gasteiger partial charge in [-0.15, -0.1) is 0 Å². The fourth-order valence-corrected chi connectivity index (χ4v) is 0.875. The molecule has 0 unspecified atom stereocenters. The average molecular weight is 263 g/mol. The van der Waals surface area contributed by atoms with Gasteiger partial charge in [-0.1, -0.05) is 5.16 Å². The Bertz CT molecular complexity index is 247. The predicted octanol–water partition coefficient (Wildman–Crippen LogP) is 1.52. The smallest absolute Gasteiger partial charge is 0.133 e. The summed E-state index contributed by atoms with van der Waals surface area (Å²) in [5.41, 5.74) is 0. The van der Waals surface area contributed by atoms with Crippen LogP contribution in [0, 0.1) is 3.57 Å². The summed E-state index contributed by atoms with van der Waals surface area (Å²) in [6, 6.07) is 3.70. The lowest BCUT2D eigenvalue weighted by Gasteiger charge is -1.96. The third kappa shape index (κ3) is 2.71. The molecule has 1 aromatic rings. The molecule has 0 aromatic carbocycles. The Kier molecular flexibility index (Phi) is 3.09. The quantitative estimate of drug-likeness (QED) is 0.279. The Morgan fingerprint density at radius 2 is 2.45 bits per heavy atom. The Balaban J connectivity index is 2.66. The Hall–Kier alpha value is -0.850. The first-order chi connectivity index (χ1) is 5.33. The van der Waals surface area contributed by atoms with Gasteiger partial charge in [-0.3, -0.25) is 0 Å². The van der Waals surface area contributed by atoms with E-state index in [2.05, 4.69) is 38.0 Å². The molecular formula is C6H6IN3O. The molecular weight excluding hydrogens is 257 g/mol. The number of hydrogen-bond donors (Lipinski definition) is 2. The van der Waals surface area contributed by atoms with Crippen LogP contribution in [0.5, 0.6) is 0 Å². The topological polar surface area (TPSA) is 57.5 Å². The molecule has 1 aromatic heterocycles. The summed E-state index contributed by atoms with van der Waals surface area (Å²) in [6.07, 6.45) is 2.88. The summed E-state index contributed by atoms with van der Waals surface area (Å²) in [4.78, 5) is 3.99. The van der Waals surface area contributed by atoms with Crippen LogP contribution in [0.25, 0.3) is 0 Å². The first-order valence-electron chi connectivity index (χ1n) is 2.87. The van der Waals surface area contributed by atoms with Crippen LogP contribution in [0.3, 0.4) is 0 Å². The van der Waals surface area contributed by atoms with Gasteiger partial charge < -0.3 is 10.5 Å². The van der Waals surface area contributed by atoms with E-state index in [1.165, 1.54) is 0 Å². The van der Waals surface area contributed by atoms with E-state index in [0.717, 1.165) is 9.91 Å². The standard InChI is InChI=1S/C6H6IN3O/c7-5-1-2-6(8-3-5)9-4-10-11/h1-4,11H,(H,8,9,10). The van der Waals surface area contributed by atoms with Crippen LogP contribution >= 0.6 is 22.6 Å². The summed E-state index contributed by atoms with van der Waals surface area (Å²) >= 11 is 2.16. The van der Waals surface area contributed by atoms with Crippen LogP contribution in [-0.4, -0.2) is 16.5 Å². The van der Waals surface area contributed by atoms with E-state index < -0.39 is 0 Å². The third-order valence-corrected chi connectivity index (χ3v) is 1.64. The molecule has 0 spiro atoms. The van der Waals surface area contributed by atoms with Crippen LogP contribution in [0.15, 0.2) is 23.5 Å². The highest BCUT2D eigenvalue weighted by molar-refractivity contribution is 14.1. The maximum Gasteiger partial charge on any atom is 0.133 e. The van der Waals surface area contributed by atoms with Gasteiger partial charge in [-0.2, -0.15) is 0 Å². The van der Waals surface area contributed by atoms with Crippen molar-refractivity contribution >= 4 is 34.7 Å². The van der Waals surface area contributed by atoms with Gasteiger partial charge in [0.25, 0.3) is 0 Å². The number of hydrogen-bond acceptors (Lipinski definition) is 3. The van der Waals surface area contributed by atoms with E-state index in [9.17, 15) is 0 Å². The molecule has 5 heteroatoms. The zero-order valence-electron chi connectivity index (χ0n) is 5.53. The van der Waals surface area contributed by atoms with Crippen LogP contribution in [-0.2, 0) is 0 Å². The van der Waals surface area contributed by atoms with Gasteiger partial charge in [-0.05, 0) is 34.7 Å². The molecule has 4 nitrogen and oxygen atoms in total. The zero-order chi connectivity index (χ0) is 8.10. The van der Waals surface area contributed by atoms with E-state index in [0.29, 0.717) is 5.82 Å². The molecule has 0 radical (unpaired) electrons. The minimum absolute atomic E-state index is 0.656. The predicted molar refractivity (Wildman–Crippen MR) is 50.9 cm³/mol. The van der Waals surface area contributed by atoms with Gasteiger partial charge in [0.05, 0.1) is 0 Å². The van der Waals surface area contributed by atoms with Crippen molar-refractivity contribution in [3.05, 3.63) is 21.9 Å². The normalized spacial score (nSPS) is 10.3. The van der Waals surface area contributed by atoms with E-state index in [1.54, 1.807) is 12.3 Å². The molecule has 58 valence electrons. The van der Waals surface area contributed by atoms with E-state index in [1.807, 2.05) is 6.07 Å². The lowest BCUT2D eigenvalue weighted by atomic mass is 10.5. The largest absolute Gasteiger partial charge is 0.410 e. The second kappa shape index (κ2) is 4.12. The molecule has 0 amide bonds. The number of nitrogens with one attached hydrogen (secondary N) is 1. The molecule has 0 fully saturated rings. The van der Waals surface area contributed by atoms with E-state index in [4.69, 9.17) is 5.21 Å². The number of oxime groups is 1. The highest BCUT2D eigenvalue weighted by Crippen LogP contribution is 2.05. The minimum atomic E-state index is 0.656. The van der Waals surface area contributed by atoms with E-state index in [-0.39, 0.29) is 0 Å². The first kappa shape index (κ1) is 8.25. The van der Waals surface area contributed by atoms with Gasteiger partial charge in [0, 0.05) is 9.77 Å². The number of aromatic nitrogens is 1. The van der Waals surface area contributed by atoms with Crippen molar-refractivity contribution < 1.29 is 5.21 Å². The van der Waals surface area contributed by atoms with Gasteiger partial charge in [0.15, 0.2) is 0 Å². The van der Waals surface area contributed by atoms with Gasteiger partial charge in [-0.25, -0.2) is 4.98 Å². The van der Waals surface area contributed by atoms with Crippen molar-refractivity contribution in [3.63, 3.8) is 0 Å². The second-order valence-corrected chi connectivity index (χ2v) is 3.00. The van der Waals surface area contributed by atoms with E-state index >= 15 is 0 Å². The van der Waals surface area contributed by atoms with Crippen molar-refractivity contribution in [1.82, 2.24) is 4.98 Å². The van der Waals surface area contributed by atoms with Crippen molar-refractivity contribution in [2.75, 3.05) is 5.32 Å². The highest BCUT2D eigenvalue weighted by Gasteiger charge is 1.88.